The van der Waals surface area contributed by atoms with Crippen LogP contribution in [0.15, 0.2) is 18.3 Å². The summed E-state index contributed by atoms with van der Waals surface area (Å²) in [5.74, 6) is 0.883. The smallest absolute Gasteiger partial charge is 0.321 e. The predicted octanol–water partition coefficient (Wildman–Crippen LogP) is 2.41. The van der Waals surface area contributed by atoms with Crippen LogP contribution >= 0.6 is 11.8 Å². The second kappa shape index (κ2) is 18.5. The maximum atomic E-state index is 13.6. The Labute approximate surface area is 330 Å². The summed E-state index contributed by atoms with van der Waals surface area (Å²) in [6, 6.07) is 2.98. The van der Waals surface area contributed by atoms with Gasteiger partial charge in [-0.1, -0.05) is 13.3 Å². The van der Waals surface area contributed by atoms with Gasteiger partial charge >= 0.3 is 5.97 Å². The molecule has 2 saturated heterocycles. The summed E-state index contributed by atoms with van der Waals surface area (Å²) in [6.45, 7) is 7.06. The molecule has 0 spiro atoms. The zero-order chi connectivity index (χ0) is 39.9. The fraction of sp³-hybridized carbons (Fsp3) is 0.605. The normalized spacial score (nSPS) is 21.1. The minimum absolute atomic E-state index is 0.0645. The molecule has 6 N–H and O–H groups in total. The number of nitrogens with one attached hydrogen (secondary N) is 1. The first-order chi connectivity index (χ1) is 27.0. The SMILES string of the molecule is CCCCNc1nc(N)nc2cn(Cc3c(OC)cc(CN4CCN(C(=O)C5CCC(CN6C(=O)CC(SCC(N)C(=O)O)C6=O)CC5)CC4)cc3OC)nc12. The van der Waals surface area contributed by atoms with E-state index >= 15 is 0 Å². The molecule has 304 valence electrons. The van der Waals surface area contributed by atoms with Gasteiger partial charge in [0.1, 0.15) is 23.1 Å². The van der Waals surface area contributed by atoms with E-state index in [0.29, 0.717) is 61.1 Å². The van der Waals surface area contributed by atoms with E-state index in [1.54, 1.807) is 18.9 Å². The van der Waals surface area contributed by atoms with Gasteiger partial charge in [-0.25, -0.2) is 4.98 Å². The van der Waals surface area contributed by atoms with Crippen LogP contribution in [0.4, 0.5) is 11.8 Å². The Morgan fingerprint density at radius 3 is 2.38 bits per heavy atom. The van der Waals surface area contributed by atoms with Gasteiger partial charge in [0.05, 0.1) is 37.8 Å². The van der Waals surface area contributed by atoms with Crippen molar-refractivity contribution in [3.8, 4) is 11.5 Å². The number of piperazine rings is 1. The van der Waals surface area contributed by atoms with Crippen molar-refractivity contribution < 1.29 is 33.8 Å². The zero-order valence-electron chi connectivity index (χ0n) is 32.4. The quantitative estimate of drug-likeness (QED) is 0.114. The number of amides is 3. The van der Waals surface area contributed by atoms with Gasteiger partial charge in [0, 0.05) is 63.9 Å². The van der Waals surface area contributed by atoms with Crippen LogP contribution in [0.1, 0.15) is 63.0 Å². The Balaban J connectivity index is 0.989. The molecule has 2 aliphatic heterocycles. The lowest BCUT2D eigenvalue weighted by Gasteiger charge is -2.38. The third-order valence-corrected chi connectivity index (χ3v) is 12.3. The average Bonchev–Trinajstić information content (AvgIpc) is 3.72. The first-order valence-electron chi connectivity index (χ1n) is 19.4. The molecule has 6 rings (SSSR count). The van der Waals surface area contributed by atoms with Crippen LogP contribution in [-0.2, 0) is 32.3 Å². The van der Waals surface area contributed by atoms with Crippen LogP contribution in [0.2, 0.25) is 0 Å². The second-order valence-corrected chi connectivity index (χ2v) is 16.1. The number of hydrogen-bond donors (Lipinski definition) is 4. The van der Waals surface area contributed by atoms with Crippen LogP contribution < -0.4 is 26.3 Å². The van der Waals surface area contributed by atoms with Crippen molar-refractivity contribution in [2.45, 2.75) is 76.3 Å². The van der Waals surface area contributed by atoms with Crippen molar-refractivity contribution in [3.63, 3.8) is 0 Å². The summed E-state index contributed by atoms with van der Waals surface area (Å²) in [4.78, 5) is 64.6. The number of carboxylic acids is 1. The van der Waals surface area contributed by atoms with Gasteiger partial charge in [0.2, 0.25) is 23.7 Å². The van der Waals surface area contributed by atoms with Crippen LogP contribution in [0.5, 0.6) is 11.5 Å². The van der Waals surface area contributed by atoms with E-state index in [4.69, 9.17) is 31.1 Å². The molecule has 0 radical (unpaired) electrons. The lowest BCUT2D eigenvalue weighted by atomic mass is 9.81. The molecule has 3 amide bonds. The summed E-state index contributed by atoms with van der Waals surface area (Å²) in [5, 5.41) is 16.5. The van der Waals surface area contributed by atoms with Crippen LogP contribution in [-0.4, -0.2) is 134 Å². The third kappa shape index (κ3) is 9.64. The Kier molecular flexibility index (Phi) is 13.5. The zero-order valence-corrected chi connectivity index (χ0v) is 33.3. The number of carbonyl (C=O) groups is 4. The molecule has 2 unspecified atom stereocenters. The summed E-state index contributed by atoms with van der Waals surface area (Å²) in [6.07, 6.45) is 6.95. The van der Waals surface area contributed by atoms with Crippen LogP contribution in [0.25, 0.3) is 11.0 Å². The van der Waals surface area contributed by atoms with Gasteiger partial charge in [-0.3, -0.25) is 33.7 Å². The molecule has 2 aromatic heterocycles. The van der Waals surface area contributed by atoms with Gasteiger partial charge in [-0.2, -0.15) is 10.1 Å². The van der Waals surface area contributed by atoms with Crippen LogP contribution in [0, 0.1) is 11.8 Å². The van der Waals surface area contributed by atoms with Gasteiger partial charge in [-0.15, -0.1) is 11.8 Å². The van der Waals surface area contributed by atoms with Gasteiger partial charge in [-0.05, 0) is 55.7 Å². The number of unbranched alkanes of at least 4 members (excludes halogenated alkanes) is 1. The van der Waals surface area contributed by atoms with E-state index < -0.39 is 17.3 Å². The van der Waals surface area contributed by atoms with Crippen molar-refractivity contribution in [1.82, 2.24) is 34.4 Å². The molecule has 56 heavy (non-hydrogen) atoms. The van der Waals surface area contributed by atoms with Gasteiger partial charge in [0.15, 0.2) is 11.3 Å². The monoisotopic (exact) mass is 794 g/mol. The Morgan fingerprint density at radius 1 is 1.04 bits per heavy atom. The van der Waals surface area contributed by atoms with E-state index in [0.717, 1.165) is 81.0 Å². The first-order valence-corrected chi connectivity index (χ1v) is 20.5. The number of ether oxygens (including phenoxy) is 2. The molecule has 2 atom stereocenters. The number of likely N-dealkylation sites (tertiary alicyclic amines) is 1. The highest BCUT2D eigenvalue weighted by molar-refractivity contribution is 8.00. The fourth-order valence-corrected chi connectivity index (χ4v) is 8.88. The lowest BCUT2D eigenvalue weighted by Crippen LogP contribution is -2.50. The van der Waals surface area contributed by atoms with E-state index in [2.05, 4.69) is 27.1 Å². The number of methoxy groups -OCH3 is 2. The molecule has 18 heteroatoms. The summed E-state index contributed by atoms with van der Waals surface area (Å²) < 4.78 is 13.5. The number of benzene rings is 1. The number of imide groups is 1. The average molecular weight is 795 g/mol. The van der Waals surface area contributed by atoms with E-state index in [9.17, 15) is 19.2 Å². The van der Waals surface area contributed by atoms with Crippen molar-refractivity contribution >= 4 is 58.3 Å². The molecular formula is C38H54N10O7S. The molecule has 17 nitrogen and oxygen atoms in total. The van der Waals surface area contributed by atoms with Gasteiger partial charge < -0.3 is 36.3 Å². The molecule has 1 saturated carbocycles. The number of hydrogen-bond acceptors (Lipinski definition) is 14. The molecule has 0 bridgehead atoms. The fourth-order valence-electron chi connectivity index (χ4n) is 7.77. The highest BCUT2D eigenvalue weighted by Gasteiger charge is 2.41. The number of aliphatic carboxylic acids is 1. The Bertz CT molecular complexity index is 1870. The van der Waals surface area contributed by atoms with Crippen LogP contribution in [0.3, 0.4) is 0 Å². The Hall–Kier alpha value is -4.68. The highest BCUT2D eigenvalue weighted by Crippen LogP contribution is 2.35. The van der Waals surface area contributed by atoms with E-state index in [1.165, 1.54) is 4.90 Å². The maximum Gasteiger partial charge on any atom is 0.321 e. The second-order valence-electron chi connectivity index (χ2n) is 14.9. The van der Waals surface area contributed by atoms with Crippen molar-refractivity contribution in [2.24, 2.45) is 17.6 Å². The van der Waals surface area contributed by atoms with Gasteiger partial charge in [0.25, 0.3) is 0 Å². The predicted molar refractivity (Wildman–Crippen MR) is 212 cm³/mol. The van der Waals surface area contributed by atoms with Crippen molar-refractivity contribution in [2.75, 3.05) is 70.3 Å². The summed E-state index contributed by atoms with van der Waals surface area (Å²) >= 11 is 1.13. The lowest BCUT2D eigenvalue weighted by molar-refractivity contribution is -0.141. The maximum absolute atomic E-state index is 13.6. The minimum Gasteiger partial charge on any atom is -0.496 e. The first kappa shape index (κ1) is 41.0. The Morgan fingerprint density at radius 2 is 1.73 bits per heavy atom. The van der Waals surface area contributed by atoms with Crippen molar-refractivity contribution in [3.05, 3.63) is 29.5 Å². The van der Waals surface area contributed by atoms with Crippen molar-refractivity contribution in [1.29, 1.82) is 0 Å². The number of aromatic nitrogens is 4. The highest BCUT2D eigenvalue weighted by atomic mass is 32.2. The standard InChI is InChI=1S/C38H54N10O7S/c1-4-5-10-41-34-33-28(42-38(40)43-34)21-47(44-33)20-26-29(54-2)15-24(16-30(26)55-3)18-45-11-13-46(14-12-45)35(50)25-8-6-23(7-9-25)19-48-32(49)17-31(36(48)51)56-22-27(39)37(52)53/h15-16,21,23,25,27,31H,4-14,17-20,22,39H2,1-3H3,(H,52,53)(H3,40,41,42,43). The number of thioether (sulfide) groups is 1. The molecule has 3 aliphatic rings. The molecule has 3 aromatic rings. The largest absolute Gasteiger partial charge is 0.496 e. The number of anilines is 2. The topological polar surface area (TPSA) is 224 Å². The number of rotatable bonds is 17. The van der Waals surface area contributed by atoms with E-state index in [1.807, 2.05) is 23.2 Å². The molecule has 1 aromatic carbocycles. The summed E-state index contributed by atoms with van der Waals surface area (Å²) in [5.41, 5.74) is 14.8. The number of carbonyl (C=O) groups excluding carboxylic acids is 3. The van der Waals surface area contributed by atoms with E-state index in [-0.39, 0.29) is 47.7 Å². The number of nitrogens with two attached hydrogens (primary N) is 2. The number of carboxylic acid groups (broad SMARTS) is 1. The number of nitrogen functional groups attached to an aromatic ring is 1. The molecule has 1 aliphatic carbocycles. The summed E-state index contributed by atoms with van der Waals surface area (Å²) in [7, 11) is 3.29. The number of fused-ring (bicyclic) bond motifs is 1. The molecular weight excluding hydrogens is 741 g/mol. The minimum atomic E-state index is -1.13. The molecule has 3 fully saturated rings. The number of nitrogens with zero attached hydrogens (tertiary/aromatic N) is 7. The molecule has 4 heterocycles. The third-order valence-electron chi connectivity index (χ3n) is 11.0.